The Balaban J connectivity index is 1.99. The van der Waals surface area contributed by atoms with Crippen molar-refractivity contribution in [3.8, 4) is 17.2 Å². The first-order chi connectivity index (χ1) is 20.7. The van der Waals surface area contributed by atoms with E-state index in [0.717, 1.165) is 13.7 Å². The molecule has 0 aliphatic heterocycles. The van der Waals surface area contributed by atoms with E-state index in [1.54, 1.807) is 52.0 Å². The van der Waals surface area contributed by atoms with Crippen LogP contribution in [0.15, 0.2) is 50.8 Å². The molecule has 1 aromatic heterocycles. The van der Waals surface area contributed by atoms with Gasteiger partial charge in [0, 0.05) is 0 Å². The molecule has 4 aromatic rings. The fraction of sp³-hybridized carbons (Fsp3) is 0.417. The van der Waals surface area contributed by atoms with Crippen molar-refractivity contribution in [2.75, 3.05) is 0 Å². The summed E-state index contributed by atoms with van der Waals surface area (Å²) < 4.78 is 3.15. The maximum atomic E-state index is 14.0. The molecular weight excluding hydrogens is 570 g/mol. The van der Waals surface area contributed by atoms with Crippen LogP contribution < -0.4 is 17.1 Å². The molecule has 0 fully saturated rings. The van der Waals surface area contributed by atoms with Gasteiger partial charge in [0.25, 0.3) is 0 Å². The highest BCUT2D eigenvalue weighted by Crippen LogP contribution is 2.40. The van der Waals surface area contributed by atoms with E-state index in [4.69, 9.17) is 0 Å². The molecule has 0 saturated heterocycles. The molecule has 0 amide bonds. The Morgan fingerprint density at radius 3 is 0.956 bits per heavy atom. The first-order valence-electron chi connectivity index (χ1n) is 15.1. The van der Waals surface area contributed by atoms with Crippen LogP contribution in [0.25, 0.3) is 0 Å². The predicted molar refractivity (Wildman–Crippen MR) is 177 cm³/mol. The average Bonchev–Trinajstić information content (AvgIpc) is 2.92. The topological polar surface area (TPSA) is 127 Å². The van der Waals surface area contributed by atoms with Gasteiger partial charge in [0.05, 0.1) is 19.6 Å². The molecule has 0 atom stereocenters. The Morgan fingerprint density at radius 2 is 0.711 bits per heavy atom. The number of phenols is 3. The number of aryl methyl sites for hydroxylation is 4. The van der Waals surface area contributed by atoms with Gasteiger partial charge < -0.3 is 15.3 Å². The molecule has 4 rings (SSSR count). The van der Waals surface area contributed by atoms with E-state index in [0.29, 0.717) is 50.1 Å². The fourth-order valence-corrected chi connectivity index (χ4v) is 5.84. The number of nitrogens with zero attached hydrogens (tertiary/aromatic N) is 3. The van der Waals surface area contributed by atoms with Crippen molar-refractivity contribution in [3.63, 3.8) is 0 Å². The molecule has 9 nitrogen and oxygen atoms in total. The third kappa shape index (κ3) is 6.62. The maximum Gasteiger partial charge on any atom is 0.336 e. The molecule has 0 aliphatic carbocycles. The van der Waals surface area contributed by atoms with Crippen molar-refractivity contribution in [1.82, 2.24) is 13.7 Å². The highest BCUT2D eigenvalue weighted by atomic mass is 16.3. The second kappa shape index (κ2) is 11.8. The van der Waals surface area contributed by atoms with Crippen molar-refractivity contribution in [2.24, 2.45) is 0 Å². The molecule has 1 heterocycles. The molecule has 0 spiro atoms. The number of hydrogen-bond acceptors (Lipinski definition) is 6. The molecule has 240 valence electrons. The minimum atomic E-state index is -0.760. The van der Waals surface area contributed by atoms with E-state index < -0.39 is 27.9 Å². The lowest BCUT2D eigenvalue weighted by atomic mass is 9.78. The van der Waals surface area contributed by atoms with E-state index in [-0.39, 0.29) is 36.9 Å². The third-order valence-electron chi connectivity index (χ3n) is 8.29. The van der Waals surface area contributed by atoms with Crippen LogP contribution in [0.1, 0.15) is 91.6 Å². The second-order valence-electron chi connectivity index (χ2n) is 14.3. The van der Waals surface area contributed by atoms with Crippen molar-refractivity contribution in [3.05, 3.63) is 118 Å². The molecule has 9 heteroatoms. The molecular formula is C36H45N3O6. The summed E-state index contributed by atoms with van der Waals surface area (Å²) in [5.41, 5.74) is 2.59. The lowest BCUT2D eigenvalue weighted by Gasteiger charge is -2.28. The van der Waals surface area contributed by atoms with Crippen LogP contribution in [0, 0.1) is 27.7 Å². The minimum Gasteiger partial charge on any atom is -0.507 e. The van der Waals surface area contributed by atoms with E-state index in [2.05, 4.69) is 0 Å². The number of aromatic hydroxyl groups is 3. The zero-order chi connectivity index (χ0) is 33.8. The van der Waals surface area contributed by atoms with E-state index in [1.165, 1.54) is 0 Å². The summed E-state index contributed by atoms with van der Waals surface area (Å²) in [7, 11) is 0. The van der Waals surface area contributed by atoms with E-state index >= 15 is 0 Å². The molecule has 0 aliphatic rings. The lowest BCUT2D eigenvalue weighted by molar-refractivity contribution is 0.422. The largest absolute Gasteiger partial charge is 0.507 e. The van der Waals surface area contributed by atoms with Crippen LogP contribution in [0.4, 0.5) is 0 Å². The quantitative estimate of drug-likeness (QED) is 0.272. The summed E-state index contributed by atoms with van der Waals surface area (Å²) in [6.07, 6.45) is 0. The summed E-state index contributed by atoms with van der Waals surface area (Å²) in [5, 5.41) is 31.8. The standard InChI is InChI=1S/C36H45N3O6/c1-20-11-24(12-21(2)29(20)40)17-37-32(43)38(18-25-13-22(3)30(41)23(4)14-25)34(45)39(33(37)44)19-26-15-27(35(5,6)7)31(42)28(16-26)36(8,9)10/h11-16,40-42H,17-19H2,1-10H3. The Kier molecular flexibility index (Phi) is 8.72. The van der Waals surface area contributed by atoms with Gasteiger partial charge >= 0.3 is 17.1 Å². The first-order valence-corrected chi connectivity index (χ1v) is 15.1. The molecule has 3 aromatic carbocycles. The average molecular weight is 616 g/mol. The zero-order valence-corrected chi connectivity index (χ0v) is 28.0. The highest BCUT2D eigenvalue weighted by Gasteiger charge is 2.27. The van der Waals surface area contributed by atoms with Crippen molar-refractivity contribution in [1.29, 1.82) is 0 Å². The number of rotatable bonds is 6. The number of hydrogen-bond donors (Lipinski definition) is 3. The maximum absolute atomic E-state index is 14.0. The van der Waals surface area contributed by atoms with Gasteiger partial charge in [-0.05, 0) is 101 Å². The van der Waals surface area contributed by atoms with Gasteiger partial charge in [0.2, 0.25) is 0 Å². The third-order valence-corrected chi connectivity index (χ3v) is 8.29. The van der Waals surface area contributed by atoms with Gasteiger partial charge in [-0.3, -0.25) is 0 Å². The monoisotopic (exact) mass is 615 g/mol. The Labute approximate surface area is 263 Å². The number of phenolic OH excluding ortho intramolecular Hbond substituents is 3. The van der Waals surface area contributed by atoms with Crippen LogP contribution >= 0.6 is 0 Å². The molecule has 0 bridgehead atoms. The summed E-state index contributed by atoms with van der Waals surface area (Å²) in [5.74, 6) is 0.469. The highest BCUT2D eigenvalue weighted by molar-refractivity contribution is 5.50. The Hall–Kier alpha value is -4.53. The van der Waals surface area contributed by atoms with Crippen molar-refractivity contribution < 1.29 is 15.3 Å². The molecule has 0 saturated carbocycles. The van der Waals surface area contributed by atoms with Gasteiger partial charge in [-0.2, -0.15) is 0 Å². The number of benzene rings is 3. The van der Waals surface area contributed by atoms with Gasteiger partial charge in [-0.15, -0.1) is 0 Å². The van der Waals surface area contributed by atoms with Crippen LogP contribution in [-0.2, 0) is 30.5 Å². The summed E-state index contributed by atoms with van der Waals surface area (Å²) in [6.45, 7) is 18.6. The predicted octanol–water partition coefficient (Wildman–Crippen LogP) is 5.26. The Bertz CT molecular complexity index is 1800. The van der Waals surface area contributed by atoms with Crippen LogP contribution in [0.5, 0.6) is 17.2 Å². The summed E-state index contributed by atoms with van der Waals surface area (Å²) >= 11 is 0. The van der Waals surface area contributed by atoms with Crippen LogP contribution in [0.2, 0.25) is 0 Å². The molecule has 3 N–H and O–H groups in total. The number of aromatic nitrogens is 3. The minimum absolute atomic E-state index is 0.108. The normalized spacial score (nSPS) is 12.1. The van der Waals surface area contributed by atoms with Gasteiger partial charge in [-0.1, -0.05) is 65.8 Å². The molecule has 0 unspecified atom stereocenters. The van der Waals surface area contributed by atoms with Crippen molar-refractivity contribution in [2.45, 2.75) is 99.7 Å². The van der Waals surface area contributed by atoms with E-state index in [1.807, 2.05) is 53.7 Å². The zero-order valence-electron chi connectivity index (χ0n) is 28.0. The SMILES string of the molecule is Cc1cc(Cn2c(=O)n(Cc3cc(C)c(O)c(C)c3)c(=O)n(Cc3cc(C(C)(C)C)c(O)c(C(C)(C)C)c3)c2=O)cc(C)c1O. The summed E-state index contributed by atoms with van der Waals surface area (Å²) in [4.78, 5) is 41.9. The first kappa shape index (κ1) is 33.4. The Morgan fingerprint density at radius 1 is 0.467 bits per heavy atom. The second-order valence-corrected chi connectivity index (χ2v) is 14.3. The van der Waals surface area contributed by atoms with Gasteiger partial charge in [-0.25, -0.2) is 28.1 Å². The van der Waals surface area contributed by atoms with Crippen LogP contribution in [0.3, 0.4) is 0 Å². The van der Waals surface area contributed by atoms with Gasteiger partial charge in [0.1, 0.15) is 17.2 Å². The summed E-state index contributed by atoms with van der Waals surface area (Å²) in [6, 6.07) is 10.5. The van der Waals surface area contributed by atoms with Crippen LogP contribution in [-0.4, -0.2) is 29.0 Å². The van der Waals surface area contributed by atoms with Crippen molar-refractivity contribution >= 4 is 0 Å². The fourth-order valence-electron chi connectivity index (χ4n) is 5.84. The smallest absolute Gasteiger partial charge is 0.336 e. The molecule has 0 radical (unpaired) electrons. The van der Waals surface area contributed by atoms with Gasteiger partial charge in [0.15, 0.2) is 0 Å². The lowest BCUT2D eigenvalue weighted by Crippen LogP contribution is -2.54. The van der Waals surface area contributed by atoms with E-state index in [9.17, 15) is 29.7 Å². The molecule has 45 heavy (non-hydrogen) atoms.